The Morgan fingerprint density at radius 3 is 2.29 bits per heavy atom. The van der Waals surface area contributed by atoms with E-state index in [0.717, 1.165) is 5.75 Å². The summed E-state index contributed by atoms with van der Waals surface area (Å²) in [6, 6.07) is 3.23. The highest BCUT2D eigenvalue weighted by atomic mass is 35.5. The monoisotopic (exact) mass is 270 g/mol. The molecule has 1 nitrogen and oxygen atoms in total. The van der Waals surface area contributed by atoms with Crippen LogP contribution in [0.3, 0.4) is 0 Å². The molecular weight excluding hydrogens is 263 g/mol. The SMILES string of the molecule is CSCCOc1c(Cl)cc(Cl)cc1Cl. The molecule has 0 saturated heterocycles. The maximum Gasteiger partial charge on any atom is 0.156 e. The van der Waals surface area contributed by atoms with Gasteiger partial charge in [0.05, 0.1) is 16.7 Å². The van der Waals surface area contributed by atoms with Gasteiger partial charge in [-0.25, -0.2) is 0 Å². The topological polar surface area (TPSA) is 9.23 Å². The Morgan fingerprint density at radius 1 is 1.21 bits per heavy atom. The molecule has 0 fully saturated rings. The quantitative estimate of drug-likeness (QED) is 0.751. The van der Waals surface area contributed by atoms with Crippen molar-refractivity contribution >= 4 is 46.6 Å². The van der Waals surface area contributed by atoms with Crippen LogP contribution in [0, 0.1) is 0 Å². The Kier molecular flexibility index (Phi) is 5.24. The van der Waals surface area contributed by atoms with Gasteiger partial charge in [-0.3, -0.25) is 0 Å². The second-order valence-corrected chi connectivity index (χ2v) is 4.78. The van der Waals surface area contributed by atoms with Crippen molar-refractivity contribution in [2.45, 2.75) is 0 Å². The van der Waals surface area contributed by atoms with Gasteiger partial charge >= 0.3 is 0 Å². The van der Waals surface area contributed by atoms with E-state index in [-0.39, 0.29) is 0 Å². The van der Waals surface area contributed by atoms with Crippen molar-refractivity contribution in [1.82, 2.24) is 0 Å². The number of hydrogen-bond donors (Lipinski definition) is 0. The number of ether oxygens (including phenoxy) is 1. The van der Waals surface area contributed by atoms with Crippen molar-refractivity contribution in [3.05, 3.63) is 27.2 Å². The molecule has 0 aliphatic rings. The summed E-state index contributed by atoms with van der Waals surface area (Å²) in [6.45, 7) is 0.586. The number of rotatable bonds is 4. The number of halogens is 3. The molecule has 1 rings (SSSR count). The smallest absolute Gasteiger partial charge is 0.156 e. The van der Waals surface area contributed by atoms with Gasteiger partial charge in [0, 0.05) is 10.8 Å². The van der Waals surface area contributed by atoms with E-state index in [2.05, 4.69) is 0 Å². The van der Waals surface area contributed by atoms with E-state index < -0.39 is 0 Å². The first-order valence-electron chi connectivity index (χ1n) is 3.91. The summed E-state index contributed by atoms with van der Waals surface area (Å²) in [5, 5.41) is 1.41. The lowest BCUT2D eigenvalue weighted by Gasteiger charge is -2.09. The van der Waals surface area contributed by atoms with E-state index in [1.807, 2.05) is 6.26 Å². The molecule has 0 aliphatic carbocycles. The average molecular weight is 272 g/mol. The predicted molar refractivity (Wildman–Crippen MR) is 65.3 cm³/mol. The van der Waals surface area contributed by atoms with Crippen LogP contribution in [0.2, 0.25) is 15.1 Å². The van der Waals surface area contributed by atoms with Gasteiger partial charge in [0.15, 0.2) is 5.75 Å². The van der Waals surface area contributed by atoms with Gasteiger partial charge in [0.1, 0.15) is 0 Å². The Hall–Kier alpha value is 0.240. The maximum atomic E-state index is 5.91. The van der Waals surface area contributed by atoms with Crippen molar-refractivity contribution in [2.24, 2.45) is 0 Å². The fourth-order valence-corrected chi connectivity index (χ4v) is 2.07. The van der Waals surface area contributed by atoms with E-state index in [4.69, 9.17) is 39.5 Å². The van der Waals surface area contributed by atoms with Crippen molar-refractivity contribution < 1.29 is 4.74 Å². The molecule has 14 heavy (non-hydrogen) atoms. The van der Waals surface area contributed by atoms with Crippen LogP contribution in [-0.2, 0) is 0 Å². The molecule has 0 N–H and O–H groups in total. The van der Waals surface area contributed by atoms with E-state index in [1.165, 1.54) is 0 Å². The first-order chi connectivity index (χ1) is 6.65. The fourth-order valence-electron chi connectivity index (χ4n) is 0.894. The van der Waals surface area contributed by atoms with Crippen LogP contribution in [0.15, 0.2) is 12.1 Å². The highest BCUT2D eigenvalue weighted by Gasteiger charge is 2.08. The number of benzene rings is 1. The molecule has 5 heteroatoms. The third-order valence-corrected chi connectivity index (χ3v) is 2.85. The lowest BCUT2D eigenvalue weighted by atomic mass is 10.3. The first kappa shape index (κ1) is 12.3. The maximum absolute atomic E-state index is 5.91. The minimum atomic E-state index is 0.448. The molecule has 0 atom stereocenters. The zero-order valence-corrected chi connectivity index (χ0v) is 10.6. The zero-order valence-electron chi connectivity index (χ0n) is 7.52. The van der Waals surface area contributed by atoms with Crippen LogP contribution in [0.1, 0.15) is 0 Å². The molecule has 0 saturated carbocycles. The summed E-state index contributed by atoms with van der Waals surface area (Å²) in [6.07, 6.45) is 2.01. The Labute approximate surface area is 103 Å². The van der Waals surface area contributed by atoms with Crippen LogP contribution in [-0.4, -0.2) is 18.6 Å². The molecule has 0 amide bonds. The first-order valence-corrected chi connectivity index (χ1v) is 6.44. The third-order valence-electron chi connectivity index (χ3n) is 1.50. The van der Waals surface area contributed by atoms with Crippen molar-refractivity contribution in [3.8, 4) is 5.75 Å². The summed E-state index contributed by atoms with van der Waals surface area (Å²) >= 11 is 19.3. The van der Waals surface area contributed by atoms with Gasteiger partial charge in [-0.1, -0.05) is 34.8 Å². The molecule has 0 spiro atoms. The third kappa shape index (κ3) is 3.43. The Bertz CT molecular complexity index is 294. The van der Waals surface area contributed by atoms with Gasteiger partial charge in [0.2, 0.25) is 0 Å². The van der Waals surface area contributed by atoms with Crippen LogP contribution in [0.25, 0.3) is 0 Å². The van der Waals surface area contributed by atoms with Gasteiger partial charge < -0.3 is 4.74 Å². The number of thioether (sulfide) groups is 1. The summed E-state index contributed by atoms with van der Waals surface area (Å²) in [4.78, 5) is 0. The van der Waals surface area contributed by atoms with Crippen LogP contribution >= 0.6 is 46.6 Å². The van der Waals surface area contributed by atoms with Crippen molar-refractivity contribution in [3.63, 3.8) is 0 Å². The second kappa shape index (κ2) is 5.96. The van der Waals surface area contributed by atoms with Crippen LogP contribution in [0.4, 0.5) is 0 Å². The predicted octanol–water partition coefficient (Wildman–Crippen LogP) is 4.39. The summed E-state index contributed by atoms with van der Waals surface area (Å²) in [5.74, 6) is 1.40. The van der Waals surface area contributed by atoms with Crippen LogP contribution < -0.4 is 4.74 Å². The van der Waals surface area contributed by atoms with E-state index in [0.29, 0.717) is 27.4 Å². The number of hydrogen-bond acceptors (Lipinski definition) is 2. The highest BCUT2D eigenvalue weighted by molar-refractivity contribution is 7.98. The molecule has 0 radical (unpaired) electrons. The Balaban J connectivity index is 2.75. The zero-order chi connectivity index (χ0) is 10.6. The van der Waals surface area contributed by atoms with Gasteiger partial charge in [-0.05, 0) is 18.4 Å². The lowest BCUT2D eigenvalue weighted by molar-refractivity contribution is 0.344. The average Bonchev–Trinajstić information content (AvgIpc) is 2.09. The molecule has 78 valence electrons. The molecule has 0 unspecified atom stereocenters. The normalized spacial score (nSPS) is 10.3. The van der Waals surface area contributed by atoms with Crippen LogP contribution in [0.5, 0.6) is 5.75 Å². The fraction of sp³-hybridized carbons (Fsp3) is 0.333. The largest absolute Gasteiger partial charge is 0.490 e. The Morgan fingerprint density at radius 2 is 1.79 bits per heavy atom. The standard InChI is InChI=1S/C9H9Cl3OS/c1-14-3-2-13-9-7(11)4-6(10)5-8(9)12/h4-5H,2-3H2,1H3. The highest BCUT2D eigenvalue weighted by Crippen LogP contribution is 2.35. The second-order valence-electron chi connectivity index (χ2n) is 2.54. The van der Waals surface area contributed by atoms with E-state index >= 15 is 0 Å². The molecule has 0 bridgehead atoms. The van der Waals surface area contributed by atoms with Crippen molar-refractivity contribution in [1.29, 1.82) is 0 Å². The summed E-state index contributed by atoms with van der Waals surface area (Å²) < 4.78 is 5.42. The molecule has 0 aliphatic heterocycles. The van der Waals surface area contributed by atoms with Gasteiger partial charge in [-0.15, -0.1) is 0 Å². The van der Waals surface area contributed by atoms with Gasteiger partial charge in [0.25, 0.3) is 0 Å². The minimum Gasteiger partial charge on any atom is -0.490 e. The van der Waals surface area contributed by atoms with E-state index in [9.17, 15) is 0 Å². The molecular formula is C9H9Cl3OS. The molecule has 1 aromatic rings. The molecule has 1 aromatic carbocycles. The molecule has 0 heterocycles. The summed E-state index contributed by atoms with van der Waals surface area (Å²) in [5.41, 5.74) is 0. The lowest BCUT2D eigenvalue weighted by Crippen LogP contribution is -2.00. The van der Waals surface area contributed by atoms with Gasteiger partial charge in [-0.2, -0.15) is 11.8 Å². The van der Waals surface area contributed by atoms with Crippen molar-refractivity contribution in [2.75, 3.05) is 18.6 Å². The summed E-state index contributed by atoms with van der Waals surface area (Å²) in [7, 11) is 0. The van der Waals surface area contributed by atoms with E-state index in [1.54, 1.807) is 23.9 Å². The molecule has 0 aromatic heterocycles. The minimum absolute atomic E-state index is 0.448.